The van der Waals surface area contributed by atoms with Gasteiger partial charge in [-0.15, -0.1) is 16.4 Å². The molecule has 4 aromatic rings. The summed E-state index contributed by atoms with van der Waals surface area (Å²) in [5.41, 5.74) is 0.274. The van der Waals surface area contributed by atoms with Crippen LogP contribution in [-0.4, -0.2) is 57.2 Å². The molecule has 0 unspecified atom stereocenters. The third-order valence-electron chi connectivity index (χ3n) is 5.91. The number of alkyl halides is 3. The summed E-state index contributed by atoms with van der Waals surface area (Å²) < 4.78 is 40.7. The van der Waals surface area contributed by atoms with Gasteiger partial charge in [-0.2, -0.15) is 13.2 Å². The summed E-state index contributed by atoms with van der Waals surface area (Å²) in [6.07, 6.45) is -2.15. The summed E-state index contributed by atoms with van der Waals surface area (Å²) in [6.45, 7) is 3.49. The van der Waals surface area contributed by atoms with Gasteiger partial charge in [0.05, 0.1) is 11.8 Å². The quantitative estimate of drug-likeness (QED) is 0.338. The maximum Gasteiger partial charge on any atom is 0.416 e. The van der Waals surface area contributed by atoms with Crippen LogP contribution < -0.4 is 20.9 Å². The molecule has 0 radical (unpaired) electrons. The maximum atomic E-state index is 13.0. The Kier molecular flexibility index (Phi) is 6.89. The van der Waals surface area contributed by atoms with Crippen LogP contribution in [0.25, 0.3) is 16.2 Å². The average Bonchev–Trinajstić information content (AvgIpc) is 3.63. The molecule has 0 aliphatic carbocycles. The predicted molar refractivity (Wildman–Crippen MR) is 136 cm³/mol. The standard InChI is InChI=1S/C24H23F3N8O2S/c1-2-28-23(37)32-18-12-35-19(31-18)6-7-20(33-35)34-9-8-16(11-34)29-21(36)17-13-38-22(30-17)14-4-3-5-15(10-14)24(25,26)27/h3-7,10,12-13,16H,2,8-9,11H2,1H3,(H,29,36)(H2,28,32,37)/t16-/m0/s1. The highest BCUT2D eigenvalue weighted by Gasteiger charge is 2.31. The molecule has 5 rings (SSSR count). The number of urea groups is 1. The predicted octanol–water partition coefficient (Wildman–Crippen LogP) is 4.02. The minimum atomic E-state index is -4.45. The number of halogens is 3. The number of rotatable bonds is 6. The summed E-state index contributed by atoms with van der Waals surface area (Å²) in [4.78, 5) is 35.1. The van der Waals surface area contributed by atoms with Crippen molar-refractivity contribution in [3.8, 4) is 10.6 Å². The molecule has 1 aliphatic heterocycles. The lowest BCUT2D eigenvalue weighted by atomic mass is 10.1. The Morgan fingerprint density at radius 3 is 2.82 bits per heavy atom. The van der Waals surface area contributed by atoms with Crippen molar-refractivity contribution in [3.05, 3.63) is 59.2 Å². The summed E-state index contributed by atoms with van der Waals surface area (Å²) >= 11 is 1.12. The van der Waals surface area contributed by atoms with Crippen molar-refractivity contribution in [2.75, 3.05) is 29.9 Å². The highest BCUT2D eigenvalue weighted by Crippen LogP contribution is 2.33. The van der Waals surface area contributed by atoms with Crippen LogP contribution in [0.4, 0.5) is 29.6 Å². The number of anilines is 2. The number of benzene rings is 1. The average molecular weight is 545 g/mol. The minimum absolute atomic E-state index is 0.156. The van der Waals surface area contributed by atoms with Crippen molar-refractivity contribution in [1.29, 1.82) is 0 Å². The Morgan fingerprint density at radius 1 is 1.18 bits per heavy atom. The van der Waals surface area contributed by atoms with Crippen LogP contribution in [0.2, 0.25) is 0 Å². The number of fused-ring (bicyclic) bond motifs is 1. The van der Waals surface area contributed by atoms with E-state index in [1.807, 2.05) is 17.9 Å². The molecule has 14 heteroatoms. The smallest absolute Gasteiger partial charge is 0.353 e. The van der Waals surface area contributed by atoms with Gasteiger partial charge in [-0.3, -0.25) is 10.1 Å². The van der Waals surface area contributed by atoms with E-state index in [2.05, 4.69) is 31.0 Å². The molecule has 1 aliphatic rings. The van der Waals surface area contributed by atoms with E-state index in [1.54, 1.807) is 22.2 Å². The van der Waals surface area contributed by atoms with Gasteiger partial charge in [-0.1, -0.05) is 12.1 Å². The van der Waals surface area contributed by atoms with Crippen molar-refractivity contribution in [2.24, 2.45) is 0 Å². The fourth-order valence-electron chi connectivity index (χ4n) is 4.11. The number of carbonyl (C=O) groups is 2. The van der Waals surface area contributed by atoms with Crippen LogP contribution in [0.15, 0.2) is 48.0 Å². The number of aromatic nitrogens is 4. The minimum Gasteiger partial charge on any atom is -0.353 e. The molecule has 0 bridgehead atoms. The molecular formula is C24H23F3N8O2S. The first-order chi connectivity index (χ1) is 18.2. The molecule has 1 fully saturated rings. The number of amides is 3. The summed E-state index contributed by atoms with van der Waals surface area (Å²) in [7, 11) is 0. The molecule has 3 aromatic heterocycles. The molecule has 1 saturated heterocycles. The molecule has 1 atom stereocenters. The maximum absolute atomic E-state index is 13.0. The largest absolute Gasteiger partial charge is 0.416 e. The van der Waals surface area contributed by atoms with E-state index < -0.39 is 11.7 Å². The zero-order chi connectivity index (χ0) is 26.9. The van der Waals surface area contributed by atoms with Crippen molar-refractivity contribution in [3.63, 3.8) is 0 Å². The van der Waals surface area contributed by atoms with Crippen molar-refractivity contribution < 1.29 is 22.8 Å². The summed E-state index contributed by atoms with van der Waals surface area (Å²) in [6, 6.07) is 7.99. The first-order valence-electron chi connectivity index (χ1n) is 11.8. The monoisotopic (exact) mass is 544 g/mol. The van der Waals surface area contributed by atoms with Gasteiger partial charge in [0.2, 0.25) is 0 Å². The molecule has 0 saturated carbocycles. The van der Waals surface area contributed by atoms with Crippen LogP contribution in [0, 0.1) is 0 Å². The molecule has 38 heavy (non-hydrogen) atoms. The van der Waals surface area contributed by atoms with Crippen molar-refractivity contribution in [2.45, 2.75) is 25.6 Å². The van der Waals surface area contributed by atoms with E-state index in [-0.39, 0.29) is 23.7 Å². The zero-order valence-corrected chi connectivity index (χ0v) is 20.9. The van der Waals surface area contributed by atoms with E-state index in [0.29, 0.717) is 53.9 Å². The summed E-state index contributed by atoms with van der Waals surface area (Å²) in [5.74, 6) is 0.682. The Balaban J connectivity index is 1.21. The Morgan fingerprint density at radius 2 is 2.03 bits per heavy atom. The zero-order valence-electron chi connectivity index (χ0n) is 20.1. The van der Waals surface area contributed by atoms with Gasteiger partial charge in [0.15, 0.2) is 11.5 Å². The van der Waals surface area contributed by atoms with Crippen LogP contribution in [0.1, 0.15) is 29.4 Å². The van der Waals surface area contributed by atoms with Crippen LogP contribution in [-0.2, 0) is 6.18 Å². The van der Waals surface area contributed by atoms with Gasteiger partial charge in [0, 0.05) is 36.6 Å². The van der Waals surface area contributed by atoms with Gasteiger partial charge in [0.1, 0.15) is 16.5 Å². The second-order valence-electron chi connectivity index (χ2n) is 8.63. The third kappa shape index (κ3) is 5.54. The molecule has 4 heterocycles. The van der Waals surface area contributed by atoms with Gasteiger partial charge in [-0.05, 0) is 37.6 Å². The summed E-state index contributed by atoms with van der Waals surface area (Å²) in [5, 5.41) is 14.7. The lowest BCUT2D eigenvalue weighted by Crippen LogP contribution is -2.37. The number of hydrogen-bond donors (Lipinski definition) is 3. The topological polar surface area (TPSA) is 117 Å². The first kappa shape index (κ1) is 25.4. The van der Waals surface area contributed by atoms with Crippen LogP contribution in [0.5, 0.6) is 0 Å². The van der Waals surface area contributed by atoms with Crippen molar-refractivity contribution in [1.82, 2.24) is 30.2 Å². The number of hydrogen-bond acceptors (Lipinski definition) is 7. The highest BCUT2D eigenvalue weighted by molar-refractivity contribution is 7.13. The van der Waals surface area contributed by atoms with Crippen LogP contribution >= 0.6 is 11.3 Å². The molecule has 198 valence electrons. The van der Waals surface area contributed by atoms with E-state index in [4.69, 9.17) is 0 Å². The number of thiazole rings is 1. The second kappa shape index (κ2) is 10.3. The lowest BCUT2D eigenvalue weighted by molar-refractivity contribution is -0.137. The number of imidazole rings is 1. The Labute approximate surface area is 218 Å². The van der Waals surface area contributed by atoms with E-state index in [9.17, 15) is 22.8 Å². The number of nitrogens with zero attached hydrogens (tertiary/aromatic N) is 5. The fourth-order valence-corrected chi connectivity index (χ4v) is 4.90. The fraction of sp³-hybridized carbons (Fsp3) is 0.292. The SMILES string of the molecule is CCNC(=O)Nc1cn2nc(N3CC[C@H](NC(=O)c4csc(-c5cccc(C(F)(F)F)c5)n4)C3)ccc2n1. The van der Waals surface area contributed by atoms with Crippen LogP contribution in [0.3, 0.4) is 0 Å². The van der Waals surface area contributed by atoms with E-state index in [1.165, 1.54) is 12.1 Å². The first-order valence-corrected chi connectivity index (χ1v) is 12.7. The normalized spacial score (nSPS) is 15.6. The Hall–Kier alpha value is -4.20. The molecule has 10 nitrogen and oxygen atoms in total. The van der Waals surface area contributed by atoms with Gasteiger partial charge < -0.3 is 15.5 Å². The highest BCUT2D eigenvalue weighted by atomic mass is 32.1. The molecule has 3 amide bonds. The molecule has 0 spiro atoms. The van der Waals surface area contributed by atoms with Gasteiger partial charge in [-0.25, -0.2) is 19.3 Å². The second-order valence-corrected chi connectivity index (χ2v) is 9.48. The van der Waals surface area contributed by atoms with Gasteiger partial charge >= 0.3 is 12.2 Å². The Bertz CT molecular complexity index is 1480. The third-order valence-corrected chi connectivity index (χ3v) is 6.80. The van der Waals surface area contributed by atoms with Gasteiger partial charge in [0.25, 0.3) is 5.91 Å². The molecular weight excluding hydrogens is 521 g/mol. The molecule has 1 aromatic carbocycles. The number of carbonyl (C=O) groups excluding carboxylic acids is 2. The number of nitrogens with one attached hydrogen (secondary N) is 3. The van der Waals surface area contributed by atoms with E-state index in [0.717, 1.165) is 23.5 Å². The van der Waals surface area contributed by atoms with E-state index >= 15 is 0 Å². The van der Waals surface area contributed by atoms with Crippen molar-refractivity contribution >= 4 is 40.6 Å². The lowest BCUT2D eigenvalue weighted by Gasteiger charge is -2.17. The molecule has 3 N–H and O–H groups in total.